The molecule has 1 unspecified atom stereocenters. The van der Waals surface area contributed by atoms with E-state index in [4.69, 9.17) is 5.73 Å². The van der Waals surface area contributed by atoms with Gasteiger partial charge in [0.15, 0.2) is 0 Å². The van der Waals surface area contributed by atoms with Crippen molar-refractivity contribution in [2.45, 2.75) is 25.8 Å². The topological polar surface area (TPSA) is 58.4 Å². The van der Waals surface area contributed by atoms with Crippen LogP contribution in [0.1, 0.15) is 30.1 Å². The molecule has 0 saturated carbocycles. The van der Waals surface area contributed by atoms with Crippen LogP contribution >= 0.6 is 0 Å². The van der Waals surface area contributed by atoms with Crippen LogP contribution in [-0.4, -0.2) is 36.5 Å². The van der Waals surface area contributed by atoms with Crippen molar-refractivity contribution in [1.29, 1.82) is 0 Å². The van der Waals surface area contributed by atoms with Crippen molar-refractivity contribution in [2.24, 2.45) is 0 Å². The number of nitrogens with one attached hydrogen (secondary N) is 1. The van der Waals surface area contributed by atoms with Crippen molar-refractivity contribution in [3.8, 4) is 0 Å². The van der Waals surface area contributed by atoms with Crippen molar-refractivity contribution < 1.29 is 9.18 Å². The highest BCUT2D eigenvalue weighted by Crippen LogP contribution is 2.14. The maximum atomic E-state index is 13.1. The lowest BCUT2D eigenvalue weighted by Crippen LogP contribution is -2.41. The van der Waals surface area contributed by atoms with Gasteiger partial charge in [-0.05, 0) is 51.1 Å². The molecule has 1 atom stereocenters. The Kier molecular flexibility index (Phi) is 4.37. The number of carbonyl (C=O) groups is 1. The van der Waals surface area contributed by atoms with E-state index in [-0.39, 0.29) is 17.5 Å². The van der Waals surface area contributed by atoms with Gasteiger partial charge in [-0.25, -0.2) is 4.39 Å². The minimum atomic E-state index is -0.452. The summed E-state index contributed by atoms with van der Waals surface area (Å²) in [5.74, 6) is -0.768. The second-order valence-electron chi connectivity index (χ2n) is 5.11. The Morgan fingerprint density at radius 2 is 2.16 bits per heavy atom. The van der Waals surface area contributed by atoms with Crippen LogP contribution in [0.15, 0.2) is 18.2 Å². The molecule has 1 fully saturated rings. The summed E-state index contributed by atoms with van der Waals surface area (Å²) in [6.45, 7) is 4.94. The smallest absolute Gasteiger partial charge is 0.253 e. The molecule has 4 nitrogen and oxygen atoms in total. The molecule has 0 radical (unpaired) electrons. The van der Waals surface area contributed by atoms with Crippen molar-refractivity contribution in [3.63, 3.8) is 0 Å². The second kappa shape index (κ2) is 6.02. The van der Waals surface area contributed by atoms with Gasteiger partial charge >= 0.3 is 0 Å². The first kappa shape index (κ1) is 13.8. The molecular weight excluding hydrogens is 245 g/mol. The summed E-state index contributed by atoms with van der Waals surface area (Å²) in [5.41, 5.74) is 6.19. The Balaban J connectivity index is 1.94. The zero-order valence-corrected chi connectivity index (χ0v) is 11.2. The molecule has 1 aliphatic heterocycles. The first-order valence-electron chi connectivity index (χ1n) is 6.64. The van der Waals surface area contributed by atoms with Crippen LogP contribution in [0, 0.1) is 5.82 Å². The van der Waals surface area contributed by atoms with Crippen molar-refractivity contribution in [3.05, 3.63) is 29.6 Å². The van der Waals surface area contributed by atoms with E-state index < -0.39 is 5.82 Å². The predicted octanol–water partition coefficient (Wildman–Crippen LogP) is 1.62. The summed E-state index contributed by atoms with van der Waals surface area (Å²) in [5, 5.41) is 2.86. The van der Waals surface area contributed by atoms with Crippen molar-refractivity contribution in [1.82, 2.24) is 10.2 Å². The zero-order chi connectivity index (χ0) is 13.8. The van der Waals surface area contributed by atoms with E-state index in [1.807, 2.05) is 6.92 Å². The van der Waals surface area contributed by atoms with Gasteiger partial charge in [0.05, 0.1) is 5.56 Å². The van der Waals surface area contributed by atoms with E-state index in [0.717, 1.165) is 19.6 Å². The number of carbonyl (C=O) groups excluding carboxylic acids is 1. The highest BCUT2D eigenvalue weighted by molar-refractivity contribution is 5.99. The van der Waals surface area contributed by atoms with Crippen LogP contribution in [0.4, 0.5) is 10.1 Å². The summed E-state index contributed by atoms with van der Waals surface area (Å²) < 4.78 is 13.1. The van der Waals surface area contributed by atoms with E-state index in [1.54, 1.807) is 0 Å². The quantitative estimate of drug-likeness (QED) is 0.813. The van der Waals surface area contributed by atoms with Crippen LogP contribution in [0.3, 0.4) is 0 Å². The van der Waals surface area contributed by atoms with Gasteiger partial charge in [0.25, 0.3) is 5.91 Å². The number of likely N-dealkylation sites (tertiary alicyclic amines) is 1. The van der Waals surface area contributed by atoms with Gasteiger partial charge in [-0.3, -0.25) is 4.79 Å². The third-order valence-electron chi connectivity index (χ3n) is 3.37. The van der Waals surface area contributed by atoms with Gasteiger partial charge in [0, 0.05) is 18.3 Å². The van der Waals surface area contributed by atoms with Crippen LogP contribution in [0.5, 0.6) is 0 Å². The minimum absolute atomic E-state index is 0.0215. The summed E-state index contributed by atoms with van der Waals surface area (Å²) in [6.07, 6.45) is 2.44. The first-order chi connectivity index (χ1) is 9.06. The lowest BCUT2D eigenvalue weighted by molar-refractivity contribution is 0.0932. The number of nitrogens with zero attached hydrogens (tertiary/aromatic N) is 1. The van der Waals surface area contributed by atoms with Gasteiger partial charge in [-0.15, -0.1) is 0 Å². The van der Waals surface area contributed by atoms with E-state index in [1.165, 1.54) is 31.0 Å². The van der Waals surface area contributed by atoms with Gasteiger partial charge in [-0.2, -0.15) is 0 Å². The zero-order valence-electron chi connectivity index (χ0n) is 11.2. The lowest BCUT2D eigenvalue weighted by Gasteiger charge is -2.21. The maximum Gasteiger partial charge on any atom is 0.253 e. The molecule has 1 aromatic carbocycles. The van der Waals surface area contributed by atoms with Crippen LogP contribution in [-0.2, 0) is 0 Å². The molecule has 1 amide bonds. The maximum absolute atomic E-state index is 13.1. The number of halogens is 1. The van der Waals surface area contributed by atoms with Crippen molar-refractivity contribution in [2.75, 3.05) is 25.4 Å². The third-order valence-corrected chi connectivity index (χ3v) is 3.37. The van der Waals surface area contributed by atoms with Gasteiger partial charge in [0.2, 0.25) is 0 Å². The number of hydrogen-bond donors (Lipinski definition) is 2. The number of benzene rings is 1. The number of nitrogens with two attached hydrogens (primary N) is 1. The molecular formula is C14H20FN3O. The molecule has 19 heavy (non-hydrogen) atoms. The largest absolute Gasteiger partial charge is 0.398 e. The standard InChI is InChI=1S/C14H20FN3O/c1-10(9-18-6-2-3-7-18)17-14(19)12-8-11(15)4-5-13(12)16/h4-5,8,10H,2-3,6-7,9,16H2,1H3,(H,17,19). The second-order valence-corrected chi connectivity index (χ2v) is 5.11. The summed E-state index contributed by atoms with van der Waals surface area (Å²) in [7, 11) is 0. The summed E-state index contributed by atoms with van der Waals surface area (Å²) in [6, 6.07) is 3.86. The molecule has 1 aromatic rings. The molecule has 1 saturated heterocycles. The average Bonchev–Trinajstić information content (AvgIpc) is 2.84. The van der Waals surface area contributed by atoms with E-state index in [9.17, 15) is 9.18 Å². The molecule has 0 aromatic heterocycles. The van der Waals surface area contributed by atoms with Gasteiger partial charge in [-0.1, -0.05) is 0 Å². The number of anilines is 1. The normalized spacial score (nSPS) is 17.4. The van der Waals surface area contributed by atoms with Gasteiger partial charge in [0.1, 0.15) is 5.82 Å². The Bertz CT molecular complexity index is 458. The fourth-order valence-electron chi connectivity index (χ4n) is 2.42. The highest BCUT2D eigenvalue weighted by atomic mass is 19.1. The summed E-state index contributed by atoms with van der Waals surface area (Å²) >= 11 is 0. The molecule has 1 aliphatic rings. The Morgan fingerprint density at radius 3 is 2.84 bits per heavy atom. The van der Waals surface area contributed by atoms with E-state index in [2.05, 4.69) is 10.2 Å². The van der Waals surface area contributed by atoms with E-state index >= 15 is 0 Å². The van der Waals surface area contributed by atoms with Gasteiger partial charge < -0.3 is 16.0 Å². The molecule has 0 aliphatic carbocycles. The highest BCUT2D eigenvalue weighted by Gasteiger charge is 2.17. The molecule has 0 bridgehead atoms. The SMILES string of the molecule is CC(CN1CCCC1)NC(=O)c1cc(F)ccc1N. The lowest BCUT2D eigenvalue weighted by atomic mass is 10.1. The molecule has 0 spiro atoms. The van der Waals surface area contributed by atoms with Crippen LogP contribution < -0.4 is 11.1 Å². The number of nitrogen functional groups attached to an aromatic ring is 1. The monoisotopic (exact) mass is 265 g/mol. The molecule has 104 valence electrons. The Morgan fingerprint density at radius 1 is 1.47 bits per heavy atom. The summed E-state index contributed by atoms with van der Waals surface area (Å²) in [4.78, 5) is 14.3. The fraction of sp³-hybridized carbons (Fsp3) is 0.500. The fourth-order valence-corrected chi connectivity index (χ4v) is 2.42. The molecule has 1 heterocycles. The Hall–Kier alpha value is -1.62. The average molecular weight is 265 g/mol. The molecule has 2 rings (SSSR count). The number of hydrogen-bond acceptors (Lipinski definition) is 3. The third kappa shape index (κ3) is 3.67. The number of rotatable bonds is 4. The molecule has 3 N–H and O–H groups in total. The predicted molar refractivity (Wildman–Crippen MR) is 73.4 cm³/mol. The Labute approximate surface area is 112 Å². The van der Waals surface area contributed by atoms with Crippen molar-refractivity contribution >= 4 is 11.6 Å². The first-order valence-corrected chi connectivity index (χ1v) is 6.64. The van der Waals surface area contributed by atoms with E-state index in [0.29, 0.717) is 5.69 Å². The van der Waals surface area contributed by atoms with Crippen LogP contribution in [0.2, 0.25) is 0 Å². The molecule has 5 heteroatoms. The van der Waals surface area contributed by atoms with Crippen LogP contribution in [0.25, 0.3) is 0 Å². The number of amides is 1. The minimum Gasteiger partial charge on any atom is -0.398 e.